The number of aliphatic hydroxyl groups is 1. The number of aliphatic hydroxyl groups excluding tert-OH is 1. The summed E-state index contributed by atoms with van der Waals surface area (Å²) in [6, 6.07) is 0. The van der Waals surface area contributed by atoms with Crippen LogP contribution in [0.15, 0.2) is 0 Å². The summed E-state index contributed by atoms with van der Waals surface area (Å²) in [5, 5.41) is 21.1. The Balaban J connectivity index is 1.56. The van der Waals surface area contributed by atoms with Gasteiger partial charge in [0.25, 0.3) is 0 Å². The smallest absolute Gasteiger partial charge is 0.332 e. The van der Waals surface area contributed by atoms with Crippen LogP contribution in [0.3, 0.4) is 0 Å². The van der Waals surface area contributed by atoms with Gasteiger partial charge in [-0.15, -0.1) is 0 Å². The van der Waals surface area contributed by atoms with Crippen LogP contribution >= 0.6 is 0 Å². The molecule has 5 heteroatoms. The zero-order chi connectivity index (χ0) is 11.5. The van der Waals surface area contributed by atoms with E-state index in [4.69, 9.17) is 14.9 Å². The van der Waals surface area contributed by atoms with Gasteiger partial charge in [0.15, 0.2) is 6.10 Å². The van der Waals surface area contributed by atoms with E-state index in [9.17, 15) is 4.79 Å². The SMILES string of the molecule is O=C(O)C1CCC(CNCC2CC(O)C2)O1. The number of carboxylic acid groups (broad SMARTS) is 1. The van der Waals surface area contributed by atoms with Gasteiger partial charge < -0.3 is 20.3 Å². The maximum Gasteiger partial charge on any atom is 0.332 e. The van der Waals surface area contributed by atoms with E-state index in [1.54, 1.807) is 0 Å². The number of hydrogen-bond donors (Lipinski definition) is 3. The Labute approximate surface area is 94.8 Å². The largest absolute Gasteiger partial charge is 0.479 e. The molecule has 2 aliphatic rings. The Morgan fingerprint density at radius 1 is 1.31 bits per heavy atom. The Kier molecular flexibility index (Phi) is 3.78. The lowest BCUT2D eigenvalue weighted by atomic mass is 9.82. The molecule has 2 atom stereocenters. The first-order valence-corrected chi connectivity index (χ1v) is 5.92. The number of ether oxygens (including phenoxy) is 1. The van der Waals surface area contributed by atoms with Crippen LogP contribution in [0.2, 0.25) is 0 Å². The molecule has 0 aromatic rings. The quantitative estimate of drug-likeness (QED) is 0.617. The zero-order valence-corrected chi connectivity index (χ0v) is 9.26. The molecule has 2 unspecified atom stereocenters. The van der Waals surface area contributed by atoms with Crippen molar-refractivity contribution in [1.82, 2.24) is 5.32 Å². The molecule has 0 aromatic carbocycles. The minimum Gasteiger partial charge on any atom is -0.479 e. The maximum atomic E-state index is 10.6. The molecule has 0 radical (unpaired) electrons. The van der Waals surface area contributed by atoms with Gasteiger partial charge >= 0.3 is 5.97 Å². The van der Waals surface area contributed by atoms with Gasteiger partial charge in [0.1, 0.15) is 0 Å². The van der Waals surface area contributed by atoms with Gasteiger partial charge in [-0.2, -0.15) is 0 Å². The predicted octanol–water partition coefficient (Wildman–Crippen LogP) is -0.0209. The molecular weight excluding hydrogens is 210 g/mol. The molecule has 0 spiro atoms. The van der Waals surface area contributed by atoms with Crippen LogP contribution in [-0.2, 0) is 9.53 Å². The predicted molar refractivity (Wildman–Crippen MR) is 57.1 cm³/mol. The van der Waals surface area contributed by atoms with Gasteiger partial charge in [0.2, 0.25) is 0 Å². The van der Waals surface area contributed by atoms with Crippen molar-refractivity contribution in [3.8, 4) is 0 Å². The fraction of sp³-hybridized carbons (Fsp3) is 0.909. The molecule has 5 nitrogen and oxygen atoms in total. The fourth-order valence-corrected chi connectivity index (χ4v) is 2.35. The van der Waals surface area contributed by atoms with E-state index < -0.39 is 12.1 Å². The second-order valence-electron chi connectivity index (χ2n) is 4.81. The number of nitrogens with one attached hydrogen (secondary N) is 1. The Morgan fingerprint density at radius 2 is 2.06 bits per heavy atom. The van der Waals surface area contributed by atoms with Gasteiger partial charge in [-0.05, 0) is 38.1 Å². The highest BCUT2D eigenvalue weighted by Gasteiger charge is 2.31. The van der Waals surface area contributed by atoms with Crippen molar-refractivity contribution < 1.29 is 19.7 Å². The summed E-state index contributed by atoms with van der Waals surface area (Å²) in [5.74, 6) is -0.281. The normalized spacial score (nSPS) is 38.3. The number of hydrogen-bond acceptors (Lipinski definition) is 4. The van der Waals surface area contributed by atoms with Crippen molar-refractivity contribution in [2.24, 2.45) is 5.92 Å². The lowest BCUT2D eigenvalue weighted by Crippen LogP contribution is -2.38. The van der Waals surface area contributed by atoms with Crippen molar-refractivity contribution in [3.63, 3.8) is 0 Å². The monoisotopic (exact) mass is 229 g/mol. The summed E-state index contributed by atoms with van der Waals surface area (Å²) < 4.78 is 5.37. The van der Waals surface area contributed by atoms with Gasteiger partial charge in [-0.3, -0.25) is 0 Å². The Bertz CT molecular complexity index is 252. The first-order chi connectivity index (χ1) is 7.65. The average Bonchev–Trinajstić information content (AvgIpc) is 2.63. The highest BCUT2D eigenvalue weighted by molar-refractivity contribution is 5.72. The van der Waals surface area contributed by atoms with Crippen molar-refractivity contribution in [2.75, 3.05) is 13.1 Å². The summed E-state index contributed by atoms with van der Waals surface area (Å²) in [5.41, 5.74) is 0. The zero-order valence-electron chi connectivity index (χ0n) is 9.26. The summed E-state index contributed by atoms with van der Waals surface area (Å²) in [6.07, 6.45) is 2.52. The van der Waals surface area contributed by atoms with E-state index in [0.717, 1.165) is 32.4 Å². The Hall–Kier alpha value is -0.650. The second-order valence-corrected chi connectivity index (χ2v) is 4.81. The molecule has 0 amide bonds. The molecule has 0 aromatic heterocycles. The number of carbonyl (C=O) groups is 1. The van der Waals surface area contributed by atoms with E-state index in [0.29, 0.717) is 12.3 Å². The van der Waals surface area contributed by atoms with Crippen LogP contribution in [0.25, 0.3) is 0 Å². The topological polar surface area (TPSA) is 78.8 Å². The molecule has 1 saturated carbocycles. The van der Waals surface area contributed by atoms with Gasteiger partial charge in [-0.1, -0.05) is 0 Å². The minimum atomic E-state index is -0.857. The van der Waals surface area contributed by atoms with Gasteiger partial charge in [-0.25, -0.2) is 4.79 Å². The maximum absolute atomic E-state index is 10.6. The molecule has 1 aliphatic heterocycles. The molecule has 1 aliphatic carbocycles. The van der Waals surface area contributed by atoms with E-state index in [2.05, 4.69) is 5.32 Å². The van der Waals surface area contributed by atoms with Crippen LogP contribution in [0.4, 0.5) is 0 Å². The minimum absolute atomic E-state index is 0.0334. The van der Waals surface area contributed by atoms with Crippen LogP contribution in [0.1, 0.15) is 25.7 Å². The molecule has 1 saturated heterocycles. The van der Waals surface area contributed by atoms with Crippen molar-refractivity contribution in [3.05, 3.63) is 0 Å². The van der Waals surface area contributed by atoms with Crippen molar-refractivity contribution in [1.29, 1.82) is 0 Å². The van der Waals surface area contributed by atoms with E-state index in [1.165, 1.54) is 0 Å². The fourth-order valence-electron chi connectivity index (χ4n) is 2.35. The number of aliphatic carboxylic acids is 1. The standard InChI is InChI=1S/C11H19NO4/c13-8-3-7(4-8)5-12-6-9-1-2-10(16-9)11(14)15/h7-10,12-13H,1-6H2,(H,14,15). The summed E-state index contributed by atoms with van der Waals surface area (Å²) in [4.78, 5) is 10.6. The third-order valence-electron chi connectivity index (χ3n) is 3.40. The molecule has 0 bridgehead atoms. The highest BCUT2D eigenvalue weighted by atomic mass is 16.5. The first-order valence-electron chi connectivity index (χ1n) is 5.92. The van der Waals surface area contributed by atoms with Crippen LogP contribution in [0.5, 0.6) is 0 Å². The third-order valence-corrected chi connectivity index (χ3v) is 3.40. The van der Waals surface area contributed by atoms with Crippen LogP contribution in [-0.4, -0.2) is 47.6 Å². The third kappa shape index (κ3) is 2.93. The van der Waals surface area contributed by atoms with Crippen molar-refractivity contribution in [2.45, 2.75) is 44.0 Å². The lowest BCUT2D eigenvalue weighted by Gasteiger charge is -2.31. The summed E-state index contributed by atoms with van der Waals surface area (Å²) >= 11 is 0. The molecule has 3 N–H and O–H groups in total. The van der Waals surface area contributed by atoms with E-state index >= 15 is 0 Å². The van der Waals surface area contributed by atoms with Crippen LogP contribution < -0.4 is 5.32 Å². The molecule has 2 fully saturated rings. The summed E-state index contributed by atoms with van der Waals surface area (Å²) in [6.45, 7) is 1.62. The van der Waals surface area contributed by atoms with Crippen LogP contribution in [0, 0.1) is 5.92 Å². The second kappa shape index (κ2) is 5.12. The molecule has 2 rings (SSSR count). The lowest BCUT2D eigenvalue weighted by molar-refractivity contribution is -0.149. The highest BCUT2D eigenvalue weighted by Crippen LogP contribution is 2.26. The summed E-state index contributed by atoms with van der Waals surface area (Å²) in [7, 11) is 0. The van der Waals surface area contributed by atoms with E-state index in [-0.39, 0.29) is 12.2 Å². The molecular formula is C11H19NO4. The van der Waals surface area contributed by atoms with Gasteiger partial charge in [0.05, 0.1) is 12.2 Å². The molecule has 92 valence electrons. The van der Waals surface area contributed by atoms with E-state index in [1.807, 2.05) is 0 Å². The van der Waals surface area contributed by atoms with Crippen molar-refractivity contribution >= 4 is 5.97 Å². The number of rotatable bonds is 5. The molecule has 1 heterocycles. The molecule has 16 heavy (non-hydrogen) atoms. The van der Waals surface area contributed by atoms with Gasteiger partial charge in [0, 0.05) is 6.54 Å². The number of carboxylic acids is 1. The Morgan fingerprint density at radius 3 is 2.62 bits per heavy atom. The average molecular weight is 229 g/mol. The first kappa shape index (κ1) is 11.8.